The van der Waals surface area contributed by atoms with Gasteiger partial charge in [-0.25, -0.2) is 0 Å². The van der Waals surface area contributed by atoms with E-state index in [4.69, 9.17) is 0 Å². The van der Waals surface area contributed by atoms with Crippen LogP contribution in [0.25, 0.3) is 0 Å². The van der Waals surface area contributed by atoms with Gasteiger partial charge in [-0.3, -0.25) is 4.79 Å². The Morgan fingerprint density at radius 2 is 1.88 bits per heavy atom. The molecule has 0 aromatic heterocycles. The molecule has 1 N–H and O–H groups in total. The molecule has 0 unspecified atom stereocenters. The number of hydrogen-bond donors (Lipinski definition) is 1. The molecule has 47 valence electrons. The topological polar surface area (TPSA) is 29.1 Å². The Morgan fingerprint density at radius 3 is 2.00 bits per heavy atom. The first kappa shape index (κ1) is 7.47. The minimum Gasteiger partial charge on any atom is -0.356 e. The van der Waals surface area contributed by atoms with Gasteiger partial charge in [0.1, 0.15) is 0 Å². The maximum atomic E-state index is 10.2. The maximum Gasteiger partial charge on any atom is 0.216 e. The summed E-state index contributed by atoms with van der Waals surface area (Å²) in [5, 5.41) is 2.67. The zero-order valence-corrected chi connectivity index (χ0v) is 5.62. The van der Waals surface area contributed by atoms with Crippen molar-refractivity contribution >= 4 is 5.91 Å². The molecule has 0 aliphatic rings. The van der Waals surface area contributed by atoms with E-state index in [0.29, 0.717) is 6.54 Å². The van der Waals surface area contributed by atoms with E-state index < -0.39 is 0 Å². The second kappa shape index (κ2) is 3.47. The van der Waals surface area contributed by atoms with Crippen molar-refractivity contribution in [3.05, 3.63) is 5.92 Å². The third-order valence-electron chi connectivity index (χ3n) is 0.691. The van der Waals surface area contributed by atoms with E-state index in [9.17, 15) is 4.79 Å². The number of rotatable bonds is 2. The Morgan fingerprint density at radius 1 is 1.38 bits per heavy atom. The Bertz CT molecular complexity index is 78.6. The third kappa shape index (κ3) is 5.47. The summed E-state index contributed by atoms with van der Waals surface area (Å²) in [5.74, 6) is 1.26. The fourth-order valence-electron chi connectivity index (χ4n) is 0.301. The van der Waals surface area contributed by atoms with Gasteiger partial charge in [-0.15, -0.1) is 0 Å². The van der Waals surface area contributed by atoms with Crippen molar-refractivity contribution < 1.29 is 4.79 Å². The van der Waals surface area contributed by atoms with Gasteiger partial charge < -0.3 is 5.32 Å². The molecule has 0 saturated heterocycles. The van der Waals surface area contributed by atoms with Crippen molar-refractivity contribution in [2.75, 3.05) is 6.54 Å². The molecular formula is C6H12NO. The van der Waals surface area contributed by atoms with Crippen molar-refractivity contribution in [3.8, 4) is 0 Å². The van der Waals surface area contributed by atoms with Crippen molar-refractivity contribution in [1.82, 2.24) is 5.32 Å². The van der Waals surface area contributed by atoms with Crippen LogP contribution in [0, 0.1) is 5.92 Å². The van der Waals surface area contributed by atoms with E-state index in [1.165, 1.54) is 12.8 Å². The molecule has 0 rings (SSSR count). The van der Waals surface area contributed by atoms with Gasteiger partial charge in [-0.1, -0.05) is 13.8 Å². The quantitative estimate of drug-likeness (QED) is 0.563. The van der Waals surface area contributed by atoms with Crippen molar-refractivity contribution in [2.45, 2.75) is 20.8 Å². The molecule has 0 aliphatic carbocycles. The van der Waals surface area contributed by atoms with Crippen molar-refractivity contribution in [1.29, 1.82) is 0 Å². The molecular weight excluding hydrogens is 102 g/mol. The molecule has 1 radical (unpaired) electrons. The van der Waals surface area contributed by atoms with Crippen LogP contribution >= 0.6 is 0 Å². The molecule has 0 atom stereocenters. The van der Waals surface area contributed by atoms with E-state index >= 15 is 0 Å². The fraction of sp³-hybridized carbons (Fsp3) is 0.667. The van der Waals surface area contributed by atoms with Gasteiger partial charge in [0.2, 0.25) is 5.91 Å². The zero-order valence-electron chi connectivity index (χ0n) is 5.62. The SMILES string of the molecule is C[C](C)CNC(C)=O. The van der Waals surface area contributed by atoms with Crippen LogP contribution in [0.2, 0.25) is 0 Å². The van der Waals surface area contributed by atoms with Crippen LogP contribution in [0.15, 0.2) is 0 Å². The Hall–Kier alpha value is -0.530. The summed E-state index contributed by atoms with van der Waals surface area (Å²) in [6.45, 7) is 6.18. The average Bonchev–Trinajstić information content (AvgIpc) is 1.61. The van der Waals surface area contributed by atoms with Gasteiger partial charge >= 0.3 is 0 Å². The summed E-state index contributed by atoms with van der Waals surface area (Å²) in [5.41, 5.74) is 0. The van der Waals surface area contributed by atoms with Crippen LogP contribution in [-0.4, -0.2) is 12.5 Å². The number of hydrogen-bond acceptors (Lipinski definition) is 1. The summed E-state index contributed by atoms with van der Waals surface area (Å²) >= 11 is 0. The normalized spacial score (nSPS) is 9.50. The highest BCUT2D eigenvalue weighted by molar-refractivity contribution is 5.72. The first-order valence-electron chi connectivity index (χ1n) is 2.66. The van der Waals surface area contributed by atoms with Gasteiger partial charge in [0, 0.05) is 13.5 Å². The van der Waals surface area contributed by atoms with E-state index in [-0.39, 0.29) is 5.91 Å². The van der Waals surface area contributed by atoms with Gasteiger partial charge in [0.15, 0.2) is 0 Å². The smallest absolute Gasteiger partial charge is 0.216 e. The monoisotopic (exact) mass is 114 g/mol. The lowest BCUT2D eigenvalue weighted by Gasteiger charge is -2.02. The van der Waals surface area contributed by atoms with Crippen LogP contribution in [0.1, 0.15) is 20.8 Å². The summed E-state index contributed by atoms with van der Waals surface area (Å²) < 4.78 is 0. The largest absolute Gasteiger partial charge is 0.356 e. The minimum absolute atomic E-state index is 0.0335. The number of amides is 1. The predicted octanol–water partition coefficient (Wildman–Crippen LogP) is 0.737. The highest BCUT2D eigenvalue weighted by Gasteiger charge is 1.93. The highest BCUT2D eigenvalue weighted by Crippen LogP contribution is 1.88. The first-order chi connectivity index (χ1) is 3.63. The average molecular weight is 114 g/mol. The van der Waals surface area contributed by atoms with Crippen LogP contribution in [0.4, 0.5) is 0 Å². The fourth-order valence-corrected chi connectivity index (χ4v) is 0.301. The molecule has 2 heteroatoms. The molecule has 0 saturated carbocycles. The molecule has 2 nitrogen and oxygen atoms in total. The van der Waals surface area contributed by atoms with Gasteiger partial charge in [-0.05, 0) is 5.92 Å². The summed E-state index contributed by atoms with van der Waals surface area (Å²) in [7, 11) is 0. The molecule has 0 aromatic carbocycles. The molecule has 0 aliphatic heterocycles. The van der Waals surface area contributed by atoms with Crippen LogP contribution in [-0.2, 0) is 4.79 Å². The lowest BCUT2D eigenvalue weighted by atomic mass is 10.2. The third-order valence-corrected chi connectivity index (χ3v) is 0.691. The van der Waals surface area contributed by atoms with Crippen LogP contribution < -0.4 is 5.32 Å². The Labute approximate surface area is 50.3 Å². The highest BCUT2D eigenvalue weighted by atomic mass is 16.1. The molecule has 0 aromatic rings. The van der Waals surface area contributed by atoms with Crippen LogP contribution in [0.3, 0.4) is 0 Å². The number of carbonyl (C=O) groups is 1. The van der Waals surface area contributed by atoms with E-state index in [1.54, 1.807) is 0 Å². The summed E-state index contributed by atoms with van der Waals surface area (Å²) in [6, 6.07) is 0. The van der Waals surface area contributed by atoms with Gasteiger partial charge in [-0.2, -0.15) is 0 Å². The summed E-state index contributed by atoms with van der Waals surface area (Å²) in [6.07, 6.45) is 0. The molecule has 0 spiro atoms. The lowest BCUT2D eigenvalue weighted by Crippen LogP contribution is -2.23. The number of nitrogens with one attached hydrogen (secondary N) is 1. The van der Waals surface area contributed by atoms with Crippen molar-refractivity contribution in [2.24, 2.45) is 0 Å². The second-order valence-corrected chi connectivity index (χ2v) is 2.12. The van der Waals surface area contributed by atoms with E-state index in [0.717, 1.165) is 0 Å². The number of carbonyl (C=O) groups excluding carboxylic acids is 1. The first-order valence-corrected chi connectivity index (χ1v) is 2.66. The predicted molar refractivity (Wildman–Crippen MR) is 33.3 cm³/mol. The maximum absolute atomic E-state index is 10.2. The van der Waals surface area contributed by atoms with Crippen molar-refractivity contribution in [3.63, 3.8) is 0 Å². The zero-order chi connectivity index (χ0) is 6.57. The van der Waals surface area contributed by atoms with Gasteiger partial charge in [0.05, 0.1) is 0 Å². The summed E-state index contributed by atoms with van der Waals surface area (Å²) in [4.78, 5) is 10.2. The second-order valence-electron chi connectivity index (χ2n) is 2.12. The van der Waals surface area contributed by atoms with Gasteiger partial charge in [0.25, 0.3) is 0 Å². The molecule has 8 heavy (non-hydrogen) atoms. The molecule has 0 fully saturated rings. The van der Waals surface area contributed by atoms with E-state index in [2.05, 4.69) is 5.32 Å². The van der Waals surface area contributed by atoms with Crippen LogP contribution in [0.5, 0.6) is 0 Å². The lowest BCUT2D eigenvalue weighted by molar-refractivity contribution is -0.118. The van der Waals surface area contributed by atoms with E-state index in [1.807, 2.05) is 13.8 Å². The minimum atomic E-state index is 0.0335. The molecule has 0 bridgehead atoms. The molecule has 0 heterocycles. The Kier molecular flexibility index (Phi) is 3.24. The standard InChI is InChI=1S/C6H12NO/c1-5(2)4-7-6(3)8/h4H2,1-3H3,(H,7,8). The molecule has 1 amide bonds. The Balaban J connectivity index is 3.05.